The highest BCUT2D eigenvalue weighted by atomic mass is 15.3. The summed E-state index contributed by atoms with van der Waals surface area (Å²) in [5.41, 5.74) is 5.64. The van der Waals surface area contributed by atoms with Crippen LogP contribution in [-0.2, 0) is 0 Å². The maximum atomic E-state index is 5.64. The molecule has 0 amide bonds. The summed E-state index contributed by atoms with van der Waals surface area (Å²) in [5.74, 6) is 0.903. The Morgan fingerprint density at radius 1 is 0.462 bits per heavy atom. The third-order valence-electron chi connectivity index (χ3n) is 11.2. The van der Waals surface area contributed by atoms with E-state index in [2.05, 4.69) is 192 Å². The summed E-state index contributed by atoms with van der Waals surface area (Å²) in [6.07, 6.45) is 2.34. The fraction of sp³-hybridized carbons (Fsp3) is 0.0408. The largest absolute Gasteiger partial charge is 0.334 e. The zero-order chi connectivity index (χ0) is 34.3. The zero-order valence-electron chi connectivity index (χ0n) is 28.7. The molecular weight excluding hydrogens is 631 g/mol. The summed E-state index contributed by atoms with van der Waals surface area (Å²) in [7, 11) is 2.20. The van der Waals surface area contributed by atoms with Crippen LogP contribution in [0.4, 0.5) is 0 Å². The van der Waals surface area contributed by atoms with Gasteiger partial charge in [-0.05, 0) is 72.9 Å². The van der Waals surface area contributed by atoms with E-state index < -0.39 is 0 Å². The van der Waals surface area contributed by atoms with Crippen LogP contribution in [0.25, 0.3) is 81.4 Å². The molecule has 0 bridgehead atoms. The molecule has 3 nitrogen and oxygen atoms in total. The van der Waals surface area contributed by atoms with Crippen molar-refractivity contribution in [3.05, 3.63) is 187 Å². The number of aromatic nitrogens is 1. The van der Waals surface area contributed by atoms with Crippen LogP contribution in [0.5, 0.6) is 0 Å². The quantitative estimate of drug-likeness (QED) is 0.169. The average Bonchev–Trinajstić information content (AvgIpc) is 3.55. The highest BCUT2D eigenvalue weighted by Crippen LogP contribution is 2.45. The predicted molar refractivity (Wildman–Crippen MR) is 221 cm³/mol. The van der Waals surface area contributed by atoms with E-state index >= 15 is 0 Å². The van der Waals surface area contributed by atoms with Gasteiger partial charge in [-0.25, -0.2) is 4.99 Å². The number of hydrogen-bond acceptors (Lipinski definition) is 2. The van der Waals surface area contributed by atoms with Crippen molar-refractivity contribution in [1.82, 2.24) is 9.47 Å². The molecule has 3 heteroatoms. The van der Waals surface area contributed by atoms with Gasteiger partial charge in [0.2, 0.25) is 5.96 Å². The highest BCUT2D eigenvalue weighted by Gasteiger charge is 2.30. The van der Waals surface area contributed by atoms with Gasteiger partial charge in [-0.15, -0.1) is 0 Å². The molecule has 1 aromatic heterocycles. The number of rotatable bonds is 2. The van der Waals surface area contributed by atoms with E-state index in [-0.39, 0.29) is 6.04 Å². The Balaban J connectivity index is 1.26. The first-order valence-electron chi connectivity index (χ1n) is 18.0. The lowest BCUT2D eigenvalue weighted by atomic mass is 9.93. The van der Waals surface area contributed by atoms with Gasteiger partial charge in [-0.1, -0.05) is 152 Å². The lowest BCUT2D eigenvalue weighted by Crippen LogP contribution is -2.37. The van der Waals surface area contributed by atoms with Gasteiger partial charge in [0.25, 0.3) is 0 Å². The van der Waals surface area contributed by atoms with Gasteiger partial charge in [0.15, 0.2) is 0 Å². The van der Waals surface area contributed by atoms with Crippen LogP contribution >= 0.6 is 0 Å². The minimum atomic E-state index is -0.0534. The van der Waals surface area contributed by atoms with E-state index in [9.17, 15) is 0 Å². The molecule has 0 spiro atoms. The maximum absolute atomic E-state index is 5.64. The number of hydrogen-bond donors (Lipinski definition) is 0. The van der Waals surface area contributed by atoms with Crippen LogP contribution in [0.3, 0.4) is 0 Å². The summed E-state index contributed by atoms with van der Waals surface area (Å²) in [6.45, 7) is 0. The fourth-order valence-corrected chi connectivity index (χ4v) is 8.68. The highest BCUT2D eigenvalue weighted by molar-refractivity contribution is 6.37. The van der Waals surface area contributed by atoms with E-state index in [0.717, 1.165) is 22.7 Å². The molecule has 2 heterocycles. The molecule has 1 aliphatic heterocycles. The molecule has 0 N–H and O–H groups in total. The second-order valence-corrected chi connectivity index (χ2v) is 14.0. The minimum absolute atomic E-state index is 0.0534. The molecule has 244 valence electrons. The average molecular weight is 664 g/mol. The monoisotopic (exact) mass is 663 g/mol. The number of nitrogens with zero attached hydrogens (tertiary/aromatic N) is 3. The standard InChI is InChI=1S/C49H33N3/c1-51-45(37-25-23-32-13-3-5-16-35(32)29-37)30-43(36-24-22-31-12-2-4-15-34(31)28-36)50-49(51)52-44-21-11-10-20-42(44)47-46-38-17-7-6-14-33(38)26-27-40(46)39-18-8-9-19-41(39)48(47)52/h2-30,45H,1H3. The van der Waals surface area contributed by atoms with Crippen molar-refractivity contribution in [3.63, 3.8) is 0 Å². The van der Waals surface area contributed by atoms with Crippen molar-refractivity contribution in [1.29, 1.82) is 0 Å². The zero-order valence-corrected chi connectivity index (χ0v) is 28.7. The van der Waals surface area contributed by atoms with Crippen LogP contribution < -0.4 is 0 Å². The molecule has 0 fully saturated rings. The lowest BCUT2D eigenvalue weighted by Gasteiger charge is -2.34. The smallest absolute Gasteiger partial charge is 0.211 e. The molecule has 0 aliphatic carbocycles. The first kappa shape index (κ1) is 29.1. The van der Waals surface area contributed by atoms with Crippen molar-refractivity contribution in [3.8, 4) is 0 Å². The number of benzene rings is 9. The van der Waals surface area contributed by atoms with Gasteiger partial charge in [0.05, 0.1) is 22.8 Å². The van der Waals surface area contributed by atoms with Crippen molar-refractivity contribution >= 4 is 87.3 Å². The SMILES string of the molecule is CN1C(n2c3ccccc3c3c4c5ccccc5ccc4c4ccccc4c32)=NC(c2ccc3ccccc3c2)=CC1c1ccc2ccccc2c1. The van der Waals surface area contributed by atoms with Crippen LogP contribution in [-0.4, -0.2) is 22.5 Å². The molecule has 11 rings (SSSR count). The second-order valence-electron chi connectivity index (χ2n) is 14.0. The Morgan fingerprint density at radius 3 is 1.85 bits per heavy atom. The summed E-state index contributed by atoms with van der Waals surface area (Å²) >= 11 is 0. The van der Waals surface area contributed by atoms with Gasteiger partial charge >= 0.3 is 0 Å². The van der Waals surface area contributed by atoms with Crippen LogP contribution in [0.1, 0.15) is 17.2 Å². The molecule has 0 saturated heterocycles. The molecule has 1 unspecified atom stereocenters. The third-order valence-corrected chi connectivity index (χ3v) is 11.2. The maximum Gasteiger partial charge on any atom is 0.211 e. The molecule has 0 saturated carbocycles. The fourth-order valence-electron chi connectivity index (χ4n) is 8.68. The van der Waals surface area contributed by atoms with Gasteiger partial charge in [-0.3, -0.25) is 4.57 Å². The molecule has 1 aliphatic rings. The van der Waals surface area contributed by atoms with Gasteiger partial charge in [-0.2, -0.15) is 0 Å². The topological polar surface area (TPSA) is 20.5 Å². The Bertz CT molecular complexity index is 3160. The summed E-state index contributed by atoms with van der Waals surface area (Å²) in [5, 5.41) is 14.9. The van der Waals surface area contributed by atoms with E-state index in [1.54, 1.807) is 0 Å². The van der Waals surface area contributed by atoms with Crippen molar-refractivity contribution in [2.75, 3.05) is 7.05 Å². The minimum Gasteiger partial charge on any atom is -0.334 e. The molecule has 0 radical (unpaired) electrons. The normalized spacial score (nSPS) is 15.0. The lowest BCUT2D eigenvalue weighted by molar-refractivity contribution is 0.423. The first-order valence-corrected chi connectivity index (χ1v) is 18.0. The van der Waals surface area contributed by atoms with Gasteiger partial charge in [0, 0.05) is 34.2 Å². The summed E-state index contributed by atoms with van der Waals surface area (Å²) in [6, 6.07) is 61.9. The number of fused-ring (bicyclic) bond motifs is 12. The van der Waals surface area contributed by atoms with Crippen LogP contribution in [0, 0.1) is 0 Å². The molecule has 9 aromatic carbocycles. The van der Waals surface area contributed by atoms with E-state index in [1.165, 1.54) is 75.7 Å². The van der Waals surface area contributed by atoms with Gasteiger partial charge in [0.1, 0.15) is 0 Å². The molecule has 52 heavy (non-hydrogen) atoms. The van der Waals surface area contributed by atoms with Crippen LogP contribution in [0.15, 0.2) is 181 Å². The van der Waals surface area contributed by atoms with Crippen molar-refractivity contribution < 1.29 is 0 Å². The number of aliphatic imine (C=N–C) groups is 1. The first-order chi connectivity index (χ1) is 25.7. The molecule has 10 aromatic rings. The van der Waals surface area contributed by atoms with Crippen molar-refractivity contribution in [2.24, 2.45) is 4.99 Å². The van der Waals surface area contributed by atoms with Gasteiger partial charge < -0.3 is 4.90 Å². The second kappa shape index (κ2) is 11.1. The van der Waals surface area contributed by atoms with Crippen LogP contribution in [0.2, 0.25) is 0 Å². The third kappa shape index (κ3) is 4.23. The van der Waals surface area contributed by atoms with E-state index in [1.807, 2.05) is 0 Å². The number of para-hydroxylation sites is 1. The summed E-state index contributed by atoms with van der Waals surface area (Å²) in [4.78, 5) is 8.00. The Hall–Kier alpha value is -6.71. The summed E-state index contributed by atoms with van der Waals surface area (Å²) < 4.78 is 2.44. The molecular formula is C49H33N3. The molecule has 1 atom stereocenters. The number of likely N-dealkylation sites (N-methyl/N-ethyl adjacent to an activating group) is 1. The Kier molecular flexibility index (Phi) is 6.23. The predicted octanol–water partition coefficient (Wildman–Crippen LogP) is 12.5. The van der Waals surface area contributed by atoms with E-state index in [0.29, 0.717) is 0 Å². The Morgan fingerprint density at radius 2 is 1.06 bits per heavy atom. The Labute approximate surface area is 301 Å². The van der Waals surface area contributed by atoms with E-state index in [4.69, 9.17) is 4.99 Å². The van der Waals surface area contributed by atoms with Crippen molar-refractivity contribution in [2.45, 2.75) is 6.04 Å².